The number of ether oxygens (including phenoxy) is 1. The Hall–Kier alpha value is -2.50. The molecule has 2 aromatic rings. The van der Waals surface area contributed by atoms with Crippen molar-refractivity contribution in [1.82, 2.24) is 9.78 Å². The molecular formula is C12H12N2O4. The van der Waals surface area contributed by atoms with Gasteiger partial charge in [-0.1, -0.05) is 0 Å². The Morgan fingerprint density at radius 2 is 2.11 bits per heavy atom. The summed E-state index contributed by atoms with van der Waals surface area (Å²) in [5.74, 6) is -0.573. The maximum atomic E-state index is 10.8. The first-order valence-electron chi connectivity index (χ1n) is 5.17. The summed E-state index contributed by atoms with van der Waals surface area (Å²) in [4.78, 5) is 10.8. The third-order valence-electron chi connectivity index (χ3n) is 2.58. The van der Waals surface area contributed by atoms with E-state index in [0.717, 1.165) is 0 Å². The second-order valence-electron chi connectivity index (χ2n) is 3.73. The number of carboxylic acid groups (broad SMARTS) is 1. The Kier molecular flexibility index (Phi) is 2.93. The van der Waals surface area contributed by atoms with E-state index in [1.165, 1.54) is 23.9 Å². The second-order valence-corrected chi connectivity index (χ2v) is 3.73. The van der Waals surface area contributed by atoms with Gasteiger partial charge in [0.2, 0.25) is 0 Å². The molecule has 0 amide bonds. The normalized spacial score (nSPS) is 10.3. The Morgan fingerprint density at radius 1 is 1.39 bits per heavy atom. The molecule has 0 bridgehead atoms. The number of phenols is 1. The van der Waals surface area contributed by atoms with Gasteiger partial charge >= 0.3 is 5.97 Å². The number of rotatable bonds is 3. The van der Waals surface area contributed by atoms with E-state index in [9.17, 15) is 9.90 Å². The fraction of sp³-hybridized carbons (Fsp3) is 0.167. The SMILES string of the molecule is COc1ccc(-c2cc(C(=O)O)nn2C)c(O)c1. The lowest BCUT2D eigenvalue weighted by Crippen LogP contribution is -1.99. The van der Waals surface area contributed by atoms with Crippen molar-refractivity contribution < 1.29 is 19.7 Å². The number of carbonyl (C=O) groups is 1. The van der Waals surface area contributed by atoms with Crippen molar-refractivity contribution in [2.75, 3.05) is 7.11 Å². The molecule has 0 radical (unpaired) electrons. The molecule has 2 N–H and O–H groups in total. The summed E-state index contributed by atoms with van der Waals surface area (Å²) < 4.78 is 6.39. The second kappa shape index (κ2) is 4.40. The zero-order chi connectivity index (χ0) is 13.3. The highest BCUT2D eigenvalue weighted by atomic mass is 16.5. The van der Waals surface area contributed by atoms with Crippen molar-refractivity contribution in [2.45, 2.75) is 0 Å². The number of aryl methyl sites for hydroxylation is 1. The van der Waals surface area contributed by atoms with Gasteiger partial charge < -0.3 is 14.9 Å². The molecule has 1 aromatic carbocycles. The van der Waals surface area contributed by atoms with Gasteiger partial charge in [-0.25, -0.2) is 4.79 Å². The van der Waals surface area contributed by atoms with E-state index in [1.807, 2.05) is 0 Å². The number of hydrogen-bond donors (Lipinski definition) is 2. The van der Waals surface area contributed by atoms with Crippen LogP contribution < -0.4 is 4.74 Å². The summed E-state index contributed by atoms with van der Waals surface area (Å²) >= 11 is 0. The smallest absolute Gasteiger partial charge is 0.356 e. The number of aromatic carboxylic acids is 1. The van der Waals surface area contributed by atoms with E-state index < -0.39 is 5.97 Å². The molecule has 0 saturated heterocycles. The fourth-order valence-electron chi connectivity index (χ4n) is 1.68. The average Bonchev–Trinajstić information content (AvgIpc) is 2.71. The molecule has 0 spiro atoms. The molecule has 0 aliphatic rings. The first-order valence-corrected chi connectivity index (χ1v) is 5.17. The zero-order valence-electron chi connectivity index (χ0n) is 9.91. The molecule has 0 fully saturated rings. The fourth-order valence-corrected chi connectivity index (χ4v) is 1.68. The molecular weight excluding hydrogens is 236 g/mol. The molecule has 6 heteroatoms. The molecule has 94 valence electrons. The van der Waals surface area contributed by atoms with Crippen molar-refractivity contribution in [1.29, 1.82) is 0 Å². The van der Waals surface area contributed by atoms with E-state index in [1.54, 1.807) is 19.2 Å². The van der Waals surface area contributed by atoms with Gasteiger partial charge in [0.1, 0.15) is 11.5 Å². The number of nitrogens with zero attached hydrogens (tertiary/aromatic N) is 2. The van der Waals surface area contributed by atoms with Gasteiger partial charge in [0.05, 0.1) is 12.8 Å². The molecule has 18 heavy (non-hydrogen) atoms. The van der Waals surface area contributed by atoms with Crippen LogP contribution in [0.25, 0.3) is 11.3 Å². The number of methoxy groups -OCH3 is 1. The van der Waals surface area contributed by atoms with Gasteiger partial charge in [0.25, 0.3) is 0 Å². The number of carboxylic acids is 1. The van der Waals surface area contributed by atoms with Gasteiger partial charge in [-0.2, -0.15) is 5.10 Å². The molecule has 6 nitrogen and oxygen atoms in total. The molecule has 0 saturated carbocycles. The number of benzene rings is 1. The van der Waals surface area contributed by atoms with Crippen LogP contribution in [0.4, 0.5) is 0 Å². The van der Waals surface area contributed by atoms with Crippen LogP contribution in [-0.2, 0) is 7.05 Å². The number of hydrogen-bond acceptors (Lipinski definition) is 4. The van der Waals surface area contributed by atoms with Gasteiger partial charge in [-0.05, 0) is 18.2 Å². The van der Waals surface area contributed by atoms with E-state index >= 15 is 0 Å². The van der Waals surface area contributed by atoms with E-state index in [4.69, 9.17) is 9.84 Å². The number of phenolic OH excluding ortho intramolecular Hbond substituents is 1. The van der Waals surface area contributed by atoms with Crippen LogP contribution in [0.2, 0.25) is 0 Å². The number of aromatic hydroxyl groups is 1. The zero-order valence-corrected chi connectivity index (χ0v) is 9.91. The van der Waals surface area contributed by atoms with Crippen LogP contribution in [0, 0.1) is 0 Å². The van der Waals surface area contributed by atoms with Crippen molar-refractivity contribution in [2.24, 2.45) is 7.05 Å². The van der Waals surface area contributed by atoms with Gasteiger partial charge in [-0.15, -0.1) is 0 Å². The van der Waals surface area contributed by atoms with E-state index in [0.29, 0.717) is 17.0 Å². The van der Waals surface area contributed by atoms with Gasteiger partial charge in [-0.3, -0.25) is 4.68 Å². The van der Waals surface area contributed by atoms with Crippen LogP contribution in [0.5, 0.6) is 11.5 Å². The average molecular weight is 248 g/mol. The van der Waals surface area contributed by atoms with Crippen LogP contribution >= 0.6 is 0 Å². The summed E-state index contributed by atoms with van der Waals surface area (Å²) in [5.41, 5.74) is 0.952. The highest BCUT2D eigenvalue weighted by Crippen LogP contribution is 2.32. The maximum Gasteiger partial charge on any atom is 0.356 e. The van der Waals surface area contributed by atoms with Gasteiger partial charge in [0.15, 0.2) is 5.69 Å². The lowest BCUT2D eigenvalue weighted by Gasteiger charge is -2.06. The monoisotopic (exact) mass is 248 g/mol. The van der Waals surface area contributed by atoms with E-state index in [-0.39, 0.29) is 11.4 Å². The molecule has 2 rings (SSSR count). The maximum absolute atomic E-state index is 10.8. The summed E-state index contributed by atoms with van der Waals surface area (Å²) in [5, 5.41) is 22.6. The summed E-state index contributed by atoms with van der Waals surface area (Å²) in [6, 6.07) is 6.20. The quantitative estimate of drug-likeness (QED) is 0.859. The predicted molar refractivity (Wildman–Crippen MR) is 63.8 cm³/mol. The highest BCUT2D eigenvalue weighted by molar-refractivity contribution is 5.87. The minimum atomic E-state index is -1.11. The standard InChI is InChI=1S/C12H12N2O4/c1-14-10(6-9(13-14)12(16)17)8-4-3-7(18-2)5-11(8)15/h3-6,15H,1-2H3,(H,16,17). The first kappa shape index (κ1) is 12.0. The van der Waals surface area contributed by atoms with Crippen LogP contribution in [-0.4, -0.2) is 33.1 Å². The van der Waals surface area contributed by atoms with Gasteiger partial charge in [0, 0.05) is 18.7 Å². The van der Waals surface area contributed by atoms with E-state index in [2.05, 4.69) is 5.10 Å². The molecule has 0 aliphatic heterocycles. The van der Waals surface area contributed by atoms with Crippen molar-refractivity contribution >= 4 is 5.97 Å². The highest BCUT2D eigenvalue weighted by Gasteiger charge is 2.15. The van der Waals surface area contributed by atoms with Crippen LogP contribution in [0.15, 0.2) is 24.3 Å². The van der Waals surface area contributed by atoms with Crippen molar-refractivity contribution in [3.63, 3.8) is 0 Å². The van der Waals surface area contributed by atoms with Crippen molar-refractivity contribution in [3.05, 3.63) is 30.0 Å². The largest absolute Gasteiger partial charge is 0.507 e. The lowest BCUT2D eigenvalue weighted by atomic mass is 10.1. The Labute approximate surface area is 103 Å². The van der Waals surface area contributed by atoms with Crippen LogP contribution in [0.3, 0.4) is 0 Å². The van der Waals surface area contributed by atoms with Crippen molar-refractivity contribution in [3.8, 4) is 22.8 Å². The summed E-state index contributed by atoms with van der Waals surface area (Å²) in [6.07, 6.45) is 0. The predicted octanol–water partition coefficient (Wildman–Crippen LogP) is 1.50. The molecule has 0 unspecified atom stereocenters. The summed E-state index contributed by atoms with van der Waals surface area (Å²) in [6.45, 7) is 0. The third-order valence-corrected chi connectivity index (χ3v) is 2.58. The minimum Gasteiger partial charge on any atom is -0.507 e. The topological polar surface area (TPSA) is 84.6 Å². The molecule has 1 aromatic heterocycles. The Balaban J connectivity index is 2.51. The summed E-state index contributed by atoms with van der Waals surface area (Å²) in [7, 11) is 3.12. The first-order chi connectivity index (χ1) is 8.52. The Bertz CT molecular complexity index is 604. The molecule has 0 aliphatic carbocycles. The van der Waals surface area contributed by atoms with Crippen LogP contribution in [0.1, 0.15) is 10.5 Å². The third kappa shape index (κ3) is 2.00. The molecule has 0 atom stereocenters. The minimum absolute atomic E-state index is 0.00860. The lowest BCUT2D eigenvalue weighted by molar-refractivity contribution is 0.0689. The number of aromatic nitrogens is 2. The Morgan fingerprint density at radius 3 is 2.61 bits per heavy atom. The molecule has 1 heterocycles.